The van der Waals surface area contributed by atoms with E-state index in [4.69, 9.17) is 37.9 Å². The molecule has 3 aromatic rings. The zero-order valence-corrected chi connectivity index (χ0v) is 31.5. The van der Waals surface area contributed by atoms with Gasteiger partial charge in [-0.1, -0.05) is 117 Å². The van der Waals surface area contributed by atoms with E-state index in [2.05, 4.69) is 0 Å². The molecular weight excluding hydrogens is 678 g/mol. The lowest BCUT2D eigenvalue weighted by Gasteiger charge is -2.29. The highest BCUT2D eigenvalue weighted by molar-refractivity contribution is 5.74. The molecule has 0 N–H and O–H groups in total. The van der Waals surface area contributed by atoms with Crippen molar-refractivity contribution in [2.45, 2.75) is 89.1 Å². The van der Waals surface area contributed by atoms with Crippen LogP contribution in [0.5, 0.6) is 0 Å². The van der Waals surface area contributed by atoms with Gasteiger partial charge in [0.2, 0.25) is 0 Å². The third kappa shape index (κ3) is 15.3. The van der Waals surface area contributed by atoms with Gasteiger partial charge in [-0.2, -0.15) is 0 Å². The van der Waals surface area contributed by atoms with Crippen molar-refractivity contribution in [1.29, 1.82) is 0 Å². The number of esters is 2. The molecule has 1 fully saturated rings. The van der Waals surface area contributed by atoms with Gasteiger partial charge in [-0.05, 0) is 36.1 Å². The van der Waals surface area contributed by atoms with Gasteiger partial charge < -0.3 is 37.9 Å². The first-order chi connectivity index (χ1) is 26.0. The Morgan fingerprint density at radius 1 is 0.642 bits per heavy atom. The number of hydrogen-bond donors (Lipinski definition) is 0. The van der Waals surface area contributed by atoms with Crippen LogP contribution in [0.2, 0.25) is 0 Å². The second-order valence-electron chi connectivity index (χ2n) is 13.1. The molecule has 4 rings (SSSR count). The lowest BCUT2D eigenvalue weighted by atomic mass is 10.0. The topological polar surface area (TPSA) is 111 Å². The number of carbonyl (C=O) groups excluding carboxylic acids is 2. The summed E-state index contributed by atoms with van der Waals surface area (Å²) in [7, 11) is 4.31. The Kier molecular flexibility index (Phi) is 19.5. The summed E-state index contributed by atoms with van der Waals surface area (Å²) in [6.45, 7) is 2.79. The molecule has 3 aromatic carbocycles. The number of ether oxygens (including phenoxy) is 8. The van der Waals surface area contributed by atoms with E-state index in [1.165, 1.54) is 14.2 Å². The zero-order valence-electron chi connectivity index (χ0n) is 31.5. The molecule has 53 heavy (non-hydrogen) atoms. The smallest absolute Gasteiger partial charge is 0.319 e. The minimum atomic E-state index is -0.643. The van der Waals surface area contributed by atoms with Gasteiger partial charge in [0.25, 0.3) is 0 Å². The Bertz CT molecular complexity index is 1400. The molecular formula is C42H57NO10. The van der Waals surface area contributed by atoms with Gasteiger partial charge in [0, 0.05) is 13.7 Å². The number of nitrogens with zero attached hydrogens (tertiary/aromatic N) is 1. The zero-order chi connectivity index (χ0) is 37.5. The highest BCUT2D eigenvalue weighted by atomic mass is 16.7. The van der Waals surface area contributed by atoms with Gasteiger partial charge in [-0.3, -0.25) is 14.5 Å². The first-order valence-corrected chi connectivity index (χ1v) is 18.6. The van der Waals surface area contributed by atoms with Crippen molar-refractivity contribution in [2.24, 2.45) is 0 Å². The van der Waals surface area contributed by atoms with E-state index in [1.54, 1.807) is 12.0 Å². The molecule has 0 saturated carbocycles. The normalized spacial score (nSPS) is 18.9. The van der Waals surface area contributed by atoms with Crippen LogP contribution >= 0.6 is 0 Å². The van der Waals surface area contributed by atoms with E-state index >= 15 is 0 Å². The molecule has 5 atom stereocenters. The number of hydrogen-bond acceptors (Lipinski definition) is 11. The number of methoxy groups -OCH3 is 3. The molecule has 1 unspecified atom stereocenters. The van der Waals surface area contributed by atoms with Gasteiger partial charge in [-0.15, -0.1) is 0 Å². The quantitative estimate of drug-likeness (QED) is 0.0703. The van der Waals surface area contributed by atoms with Crippen LogP contribution in [0.1, 0.15) is 55.2 Å². The lowest BCUT2D eigenvalue weighted by molar-refractivity contribution is -0.185. The fourth-order valence-corrected chi connectivity index (χ4v) is 6.22. The Morgan fingerprint density at radius 2 is 1.17 bits per heavy atom. The maximum atomic E-state index is 11.7. The Hall–Kier alpha value is -3.68. The average molecular weight is 736 g/mol. The van der Waals surface area contributed by atoms with E-state index in [9.17, 15) is 9.59 Å². The van der Waals surface area contributed by atoms with Gasteiger partial charge in [0.05, 0.1) is 53.7 Å². The van der Waals surface area contributed by atoms with Gasteiger partial charge in [0.1, 0.15) is 24.4 Å². The molecule has 0 aromatic heterocycles. The summed E-state index contributed by atoms with van der Waals surface area (Å²) in [5, 5.41) is 0. The molecule has 1 saturated heterocycles. The van der Waals surface area contributed by atoms with Crippen molar-refractivity contribution in [3.63, 3.8) is 0 Å². The second-order valence-corrected chi connectivity index (χ2v) is 13.1. The summed E-state index contributed by atoms with van der Waals surface area (Å²) in [4.78, 5) is 25.3. The summed E-state index contributed by atoms with van der Waals surface area (Å²) in [5.41, 5.74) is 3.18. The van der Waals surface area contributed by atoms with Crippen molar-refractivity contribution >= 4 is 11.9 Å². The summed E-state index contributed by atoms with van der Waals surface area (Å²) in [6.07, 6.45) is 3.23. The van der Waals surface area contributed by atoms with Crippen LogP contribution in [0.25, 0.3) is 0 Å². The van der Waals surface area contributed by atoms with E-state index in [-0.39, 0.29) is 25.0 Å². The monoisotopic (exact) mass is 735 g/mol. The Morgan fingerprint density at radius 3 is 1.74 bits per heavy atom. The molecule has 1 heterocycles. The molecule has 1 aliphatic heterocycles. The van der Waals surface area contributed by atoms with Crippen LogP contribution in [-0.2, 0) is 67.3 Å². The molecule has 290 valence electrons. The molecule has 0 radical (unpaired) electrons. The lowest BCUT2D eigenvalue weighted by Crippen LogP contribution is -2.45. The Labute approximate surface area is 314 Å². The van der Waals surface area contributed by atoms with Crippen LogP contribution in [0.15, 0.2) is 91.0 Å². The van der Waals surface area contributed by atoms with Gasteiger partial charge in [0.15, 0.2) is 6.29 Å². The fraction of sp³-hybridized carbons (Fsp3) is 0.524. The molecule has 11 nitrogen and oxygen atoms in total. The fourth-order valence-electron chi connectivity index (χ4n) is 6.22. The molecule has 0 aliphatic carbocycles. The van der Waals surface area contributed by atoms with Crippen molar-refractivity contribution < 1.29 is 47.5 Å². The van der Waals surface area contributed by atoms with Gasteiger partial charge in [-0.25, -0.2) is 0 Å². The van der Waals surface area contributed by atoms with Crippen LogP contribution in [0.3, 0.4) is 0 Å². The SMILES string of the molecule is COC(=O)CN(CCCCCCCCO[C@H]1C(OC)O[C@H]([C@@H](COCc2ccccc2)OCc2ccccc2)[C@@H]1OCc1ccccc1)CC(=O)OC. The summed E-state index contributed by atoms with van der Waals surface area (Å²) >= 11 is 0. The van der Waals surface area contributed by atoms with E-state index in [0.29, 0.717) is 39.6 Å². The highest BCUT2D eigenvalue weighted by Gasteiger charge is 2.50. The predicted octanol–water partition coefficient (Wildman–Crippen LogP) is 6.12. The molecule has 0 amide bonds. The van der Waals surface area contributed by atoms with Crippen LogP contribution in [-0.4, -0.2) is 102 Å². The van der Waals surface area contributed by atoms with E-state index < -0.39 is 30.7 Å². The standard InChI is InChI=1S/C42H57NO10/c1-46-37(44)27-43(28-38(45)47-2)25-17-6-4-5-7-18-26-50-41-40(52-31-35-23-15-10-16-24-35)39(53-42(41)48-3)36(51-30-34-21-13-9-14-22-34)32-49-29-33-19-11-8-12-20-33/h8-16,19-24,36,39-42H,4-7,17-18,25-32H2,1-3H3/t36-,39-,40+,41-,42?/m1/s1. The van der Waals surface area contributed by atoms with Gasteiger partial charge >= 0.3 is 11.9 Å². The van der Waals surface area contributed by atoms with Crippen molar-refractivity contribution in [3.8, 4) is 0 Å². The van der Waals surface area contributed by atoms with Crippen LogP contribution in [0.4, 0.5) is 0 Å². The molecule has 11 heteroatoms. The van der Waals surface area contributed by atoms with E-state index in [0.717, 1.165) is 55.2 Å². The Balaban J connectivity index is 1.33. The number of carbonyl (C=O) groups is 2. The van der Waals surface area contributed by atoms with Crippen molar-refractivity contribution in [3.05, 3.63) is 108 Å². The predicted molar refractivity (Wildman–Crippen MR) is 200 cm³/mol. The first-order valence-electron chi connectivity index (χ1n) is 18.6. The minimum Gasteiger partial charge on any atom is -0.468 e. The minimum absolute atomic E-state index is 0.0633. The van der Waals surface area contributed by atoms with Crippen LogP contribution < -0.4 is 0 Å². The van der Waals surface area contributed by atoms with Crippen LogP contribution in [0, 0.1) is 0 Å². The van der Waals surface area contributed by atoms with Crippen molar-refractivity contribution in [1.82, 2.24) is 4.90 Å². The maximum Gasteiger partial charge on any atom is 0.319 e. The third-order valence-electron chi connectivity index (χ3n) is 9.13. The number of unbranched alkanes of at least 4 members (excludes halogenated alkanes) is 5. The molecule has 1 aliphatic rings. The largest absolute Gasteiger partial charge is 0.468 e. The maximum absolute atomic E-state index is 11.7. The summed E-state index contributed by atoms with van der Waals surface area (Å²) in [5.74, 6) is -0.745. The molecule has 0 bridgehead atoms. The van der Waals surface area contributed by atoms with E-state index in [1.807, 2.05) is 91.0 Å². The number of benzene rings is 3. The average Bonchev–Trinajstić information content (AvgIpc) is 3.55. The summed E-state index contributed by atoms with van der Waals surface area (Å²) in [6, 6.07) is 30.2. The highest BCUT2D eigenvalue weighted by Crippen LogP contribution is 2.32. The molecule has 0 spiro atoms. The number of rotatable bonds is 26. The third-order valence-corrected chi connectivity index (χ3v) is 9.13. The van der Waals surface area contributed by atoms with Crippen molar-refractivity contribution in [2.75, 3.05) is 54.2 Å². The summed E-state index contributed by atoms with van der Waals surface area (Å²) < 4.78 is 47.8. The second kappa shape index (κ2) is 24.6. The first kappa shape index (κ1) is 42.1.